The van der Waals surface area contributed by atoms with Gasteiger partial charge in [-0.15, -0.1) is 0 Å². The van der Waals surface area contributed by atoms with E-state index in [1.165, 1.54) is 5.56 Å². The summed E-state index contributed by atoms with van der Waals surface area (Å²) in [5, 5.41) is 0. The number of hydrogen-bond acceptors (Lipinski definition) is 3. The van der Waals surface area contributed by atoms with Gasteiger partial charge in [-0.05, 0) is 44.5 Å². The van der Waals surface area contributed by atoms with Crippen molar-refractivity contribution in [3.63, 3.8) is 0 Å². The van der Waals surface area contributed by atoms with Crippen LogP contribution in [0.2, 0.25) is 0 Å². The van der Waals surface area contributed by atoms with Gasteiger partial charge in [0.2, 0.25) is 0 Å². The van der Waals surface area contributed by atoms with E-state index >= 15 is 0 Å². The molecular weight excluding hydrogens is 256 g/mol. The molecule has 19 heavy (non-hydrogen) atoms. The zero-order valence-corrected chi connectivity index (χ0v) is 13.3. The van der Waals surface area contributed by atoms with Crippen molar-refractivity contribution < 1.29 is 13.3 Å². The molecule has 0 heterocycles. The minimum atomic E-state index is -2.70. The van der Waals surface area contributed by atoms with Gasteiger partial charge < -0.3 is 13.3 Å². The first-order valence-electron chi connectivity index (χ1n) is 6.84. The molecule has 1 aromatic carbocycles. The maximum atomic E-state index is 5.82. The van der Waals surface area contributed by atoms with Crippen LogP contribution < -0.4 is 0 Å². The van der Waals surface area contributed by atoms with Crippen molar-refractivity contribution in [2.45, 2.75) is 27.7 Å². The zero-order valence-electron chi connectivity index (χ0n) is 12.3. The molecule has 106 valence electrons. The monoisotopic (exact) mass is 280 g/mol. The molecule has 0 aromatic heterocycles. The Balaban J connectivity index is 3.03. The van der Waals surface area contributed by atoms with Crippen LogP contribution in [-0.2, 0) is 13.3 Å². The van der Waals surface area contributed by atoms with Gasteiger partial charge in [-0.2, -0.15) is 0 Å². The lowest BCUT2D eigenvalue weighted by Gasteiger charge is -2.26. The maximum Gasteiger partial charge on any atom is 0.529 e. The van der Waals surface area contributed by atoms with E-state index in [4.69, 9.17) is 13.3 Å². The fourth-order valence-corrected chi connectivity index (χ4v) is 4.31. The van der Waals surface area contributed by atoms with Crippen molar-refractivity contribution in [2.75, 3.05) is 19.8 Å². The van der Waals surface area contributed by atoms with Crippen LogP contribution in [0, 0.1) is 0 Å². The Morgan fingerprint density at radius 3 is 1.84 bits per heavy atom. The summed E-state index contributed by atoms with van der Waals surface area (Å²) in [4.78, 5) is 0. The van der Waals surface area contributed by atoms with Crippen LogP contribution in [0.5, 0.6) is 0 Å². The molecule has 3 nitrogen and oxygen atoms in total. The predicted molar refractivity (Wildman–Crippen MR) is 80.7 cm³/mol. The van der Waals surface area contributed by atoms with Crippen molar-refractivity contribution in [3.05, 3.63) is 41.6 Å². The highest BCUT2D eigenvalue weighted by Gasteiger charge is 2.38. The van der Waals surface area contributed by atoms with Crippen molar-refractivity contribution >= 4 is 14.4 Å². The topological polar surface area (TPSA) is 27.7 Å². The standard InChI is InChI=1S/C15H24O3Si/c1-5-16-19(17-6-2,18-7-3)13-14(4)15-11-9-8-10-12-15/h8-13H,5-7H2,1-4H3. The summed E-state index contributed by atoms with van der Waals surface area (Å²) < 4.78 is 17.5. The van der Waals surface area contributed by atoms with Crippen LogP contribution in [0.3, 0.4) is 0 Å². The highest BCUT2D eigenvalue weighted by atomic mass is 28.4. The van der Waals surface area contributed by atoms with E-state index in [1.54, 1.807) is 0 Å². The van der Waals surface area contributed by atoms with E-state index in [0.29, 0.717) is 19.8 Å². The number of hydrogen-bond donors (Lipinski definition) is 0. The summed E-state index contributed by atoms with van der Waals surface area (Å²) >= 11 is 0. The van der Waals surface area contributed by atoms with Gasteiger partial charge in [-0.3, -0.25) is 0 Å². The summed E-state index contributed by atoms with van der Waals surface area (Å²) in [5.41, 5.74) is 4.33. The smallest absolute Gasteiger partial charge is 0.371 e. The third kappa shape index (κ3) is 4.91. The summed E-state index contributed by atoms with van der Waals surface area (Å²) in [7, 11) is -2.70. The Hall–Kier alpha value is -0.943. The molecule has 0 amide bonds. The quantitative estimate of drug-likeness (QED) is 0.680. The molecule has 0 saturated heterocycles. The SMILES string of the molecule is CCO[Si](C=C(C)c1ccccc1)(OCC)OCC. The minimum absolute atomic E-state index is 0.588. The van der Waals surface area contributed by atoms with Crippen LogP contribution in [0.15, 0.2) is 36.0 Å². The molecule has 0 spiro atoms. The average Bonchev–Trinajstić information content (AvgIpc) is 2.40. The summed E-state index contributed by atoms with van der Waals surface area (Å²) in [6.45, 7) is 9.72. The maximum absolute atomic E-state index is 5.82. The molecule has 0 aliphatic heterocycles. The van der Waals surface area contributed by atoms with E-state index in [0.717, 1.165) is 5.57 Å². The molecule has 1 aromatic rings. The van der Waals surface area contributed by atoms with Gasteiger partial charge in [0.1, 0.15) is 0 Å². The fraction of sp³-hybridized carbons (Fsp3) is 0.467. The van der Waals surface area contributed by atoms with Crippen molar-refractivity contribution in [1.82, 2.24) is 0 Å². The summed E-state index contributed by atoms with van der Waals surface area (Å²) in [6.07, 6.45) is 0. The lowest BCUT2D eigenvalue weighted by Crippen LogP contribution is -2.44. The second-order valence-corrected chi connectivity index (χ2v) is 6.46. The van der Waals surface area contributed by atoms with Crippen LogP contribution in [0.1, 0.15) is 33.3 Å². The molecule has 1 rings (SSSR count). The molecule has 4 heteroatoms. The molecule has 0 unspecified atom stereocenters. The van der Waals surface area contributed by atoms with Crippen LogP contribution in [-0.4, -0.2) is 28.6 Å². The Morgan fingerprint density at radius 2 is 1.42 bits per heavy atom. The van der Waals surface area contributed by atoms with E-state index in [9.17, 15) is 0 Å². The van der Waals surface area contributed by atoms with E-state index in [1.807, 2.05) is 44.7 Å². The molecule has 0 fully saturated rings. The molecule has 0 atom stereocenters. The first-order chi connectivity index (χ1) is 9.17. The fourth-order valence-electron chi connectivity index (χ4n) is 1.90. The summed E-state index contributed by atoms with van der Waals surface area (Å²) in [5.74, 6) is 0. The molecule has 0 aliphatic carbocycles. The molecule has 0 aliphatic rings. The Morgan fingerprint density at radius 1 is 0.947 bits per heavy atom. The lowest BCUT2D eigenvalue weighted by atomic mass is 10.1. The van der Waals surface area contributed by atoms with Crippen LogP contribution >= 0.6 is 0 Å². The Labute approximate surface area is 117 Å². The number of allylic oxidation sites excluding steroid dienone is 1. The number of benzene rings is 1. The molecule has 0 radical (unpaired) electrons. The molecular formula is C15H24O3Si. The third-order valence-corrected chi connectivity index (χ3v) is 5.52. The van der Waals surface area contributed by atoms with Gasteiger partial charge in [0.25, 0.3) is 0 Å². The normalized spacial score (nSPS) is 12.7. The number of rotatable bonds is 8. The van der Waals surface area contributed by atoms with Crippen molar-refractivity contribution in [1.29, 1.82) is 0 Å². The minimum Gasteiger partial charge on any atom is -0.371 e. The van der Waals surface area contributed by atoms with Gasteiger partial charge in [-0.1, -0.05) is 30.3 Å². The van der Waals surface area contributed by atoms with E-state index in [2.05, 4.69) is 19.1 Å². The highest BCUT2D eigenvalue weighted by molar-refractivity contribution is 6.67. The zero-order chi connectivity index (χ0) is 14.1. The van der Waals surface area contributed by atoms with Gasteiger partial charge >= 0.3 is 8.80 Å². The van der Waals surface area contributed by atoms with Gasteiger partial charge in [0.15, 0.2) is 0 Å². The van der Waals surface area contributed by atoms with E-state index < -0.39 is 8.80 Å². The summed E-state index contributed by atoms with van der Waals surface area (Å²) in [6, 6.07) is 10.2. The van der Waals surface area contributed by atoms with Crippen molar-refractivity contribution in [3.8, 4) is 0 Å². The average molecular weight is 280 g/mol. The first-order valence-corrected chi connectivity index (χ1v) is 8.64. The first kappa shape index (κ1) is 16.1. The predicted octanol–water partition coefficient (Wildman–Crippen LogP) is 3.68. The molecule has 0 saturated carbocycles. The van der Waals surface area contributed by atoms with Crippen molar-refractivity contribution in [2.24, 2.45) is 0 Å². The lowest BCUT2D eigenvalue weighted by molar-refractivity contribution is 0.0844. The van der Waals surface area contributed by atoms with Crippen LogP contribution in [0.25, 0.3) is 5.57 Å². The van der Waals surface area contributed by atoms with E-state index in [-0.39, 0.29) is 0 Å². The largest absolute Gasteiger partial charge is 0.529 e. The Bertz CT molecular complexity index is 373. The molecule has 0 N–H and O–H groups in total. The van der Waals surface area contributed by atoms with Crippen LogP contribution in [0.4, 0.5) is 0 Å². The van der Waals surface area contributed by atoms with Gasteiger partial charge in [0, 0.05) is 19.8 Å². The van der Waals surface area contributed by atoms with Gasteiger partial charge in [0.05, 0.1) is 0 Å². The third-order valence-electron chi connectivity index (χ3n) is 2.66. The second-order valence-electron chi connectivity index (χ2n) is 4.10. The molecule has 0 bridgehead atoms. The Kier molecular flexibility index (Phi) is 7.01. The highest BCUT2D eigenvalue weighted by Crippen LogP contribution is 2.20. The second kappa shape index (κ2) is 8.27. The van der Waals surface area contributed by atoms with Gasteiger partial charge in [-0.25, -0.2) is 0 Å².